The predicted octanol–water partition coefficient (Wildman–Crippen LogP) is 3.29. The molecule has 0 bridgehead atoms. The molecule has 1 fully saturated rings. The molecule has 2 aromatic carbocycles. The third kappa shape index (κ3) is 3.87. The van der Waals surface area contributed by atoms with Crippen LogP contribution in [0.4, 0.5) is 5.69 Å². The fourth-order valence-electron chi connectivity index (χ4n) is 2.69. The van der Waals surface area contributed by atoms with Gasteiger partial charge < -0.3 is 10.1 Å². The normalized spacial score (nSPS) is 19.9. The number of rotatable bonds is 5. The summed E-state index contributed by atoms with van der Waals surface area (Å²) in [6.07, 6.45) is 0.657. The highest BCUT2D eigenvalue weighted by Crippen LogP contribution is 2.26. The minimum Gasteiger partial charge on any atom is -0.494 e. The Labute approximate surface area is 146 Å². The highest BCUT2D eigenvalue weighted by atomic mass is 35.5. The number of ether oxygens (including phenoxy) is 1. The minimum atomic E-state index is -0.321. The molecular weight excluding hydrogens is 326 g/mol. The van der Waals surface area contributed by atoms with E-state index in [9.17, 15) is 4.79 Å². The lowest BCUT2D eigenvalue weighted by atomic mass is 10.0. The number of anilines is 1. The molecule has 1 aliphatic rings. The summed E-state index contributed by atoms with van der Waals surface area (Å²) in [4.78, 5) is 12.4. The quantitative estimate of drug-likeness (QED) is 0.778. The van der Waals surface area contributed by atoms with Crippen molar-refractivity contribution in [2.24, 2.45) is 0 Å². The Balaban J connectivity index is 1.60. The van der Waals surface area contributed by atoms with Gasteiger partial charge in [-0.2, -0.15) is 0 Å². The third-order valence-corrected chi connectivity index (χ3v) is 4.27. The molecule has 126 valence electrons. The van der Waals surface area contributed by atoms with Crippen molar-refractivity contribution in [1.29, 1.82) is 0 Å². The van der Waals surface area contributed by atoms with Crippen molar-refractivity contribution in [3.8, 4) is 5.75 Å². The number of benzene rings is 2. The first-order valence-corrected chi connectivity index (χ1v) is 8.34. The molecule has 2 unspecified atom stereocenters. The maximum atomic E-state index is 12.4. The van der Waals surface area contributed by atoms with Gasteiger partial charge >= 0.3 is 0 Å². The van der Waals surface area contributed by atoms with Crippen LogP contribution in [0.2, 0.25) is 5.02 Å². The van der Waals surface area contributed by atoms with Crippen LogP contribution in [0.1, 0.15) is 24.9 Å². The Morgan fingerprint density at radius 3 is 2.67 bits per heavy atom. The molecule has 0 aromatic heterocycles. The number of carbonyl (C=O) groups is 1. The largest absolute Gasteiger partial charge is 0.494 e. The molecule has 1 saturated heterocycles. The zero-order chi connectivity index (χ0) is 16.9. The Morgan fingerprint density at radius 1 is 1.21 bits per heavy atom. The average Bonchev–Trinajstić information content (AvgIpc) is 3.08. The van der Waals surface area contributed by atoms with Crippen molar-refractivity contribution in [2.45, 2.75) is 25.4 Å². The van der Waals surface area contributed by atoms with E-state index >= 15 is 0 Å². The molecule has 1 heterocycles. The molecule has 5 nitrogen and oxygen atoms in total. The summed E-state index contributed by atoms with van der Waals surface area (Å²) in [6, 6.07) is 14.9. The first-order chi connectivity index (χ1) is 11.7. The monoisotopic (exact) mass is 345 g/mol. The van der Waals surface area contributed by atoms with E-state index in [1.54, 1.807) is 12.1 Å². The first-order valence-electron chi connectivity index (χ1n) is 7.96. The second-order valence-electron chi connectivity index (χ2n) is 5.60. The molecule has 0 aliphatic carbocycles. The van der Waals surface area contributed by atoms with Gasteiger partial charge in [-0.05, 0) is 43.2 Å². The summed E-state index contributed by atoms with van der Waals surface area (Å²) in [5.74, 6) is 0.740. The molecule has 3 N–H and O–H groups in total. The first kappa shape index (κ1) is 16.8. The van der Waals surface area contributed by atoms with Gasteiger partial charge in [-0.3, -0.25) is 4.79 Å². The van der Waals surface area contributed by atoms with Crippen LogP contribution in [-0.2, 0) is 4.79 Å². The van der Waals surface area contributed by atoms with Gasteiger partial charge in [0, 0.05) is 6.04 Å². The number of halogens is 1. The van der Waals surface area contributed by atoms with E-state index in [4.69, 9.17) is 16.3 Å². The van der Waals surface area contributed by atoms with Crippen LogP contribution in [0.15, 0.2) is 48.5 Å². The van der Waals surface area contributed by atoms with Crippen molar-refractivity contribution in [3.05, 3.63) is 59.1 Å². The predicted molar refractivity (Wildman–Crippen MR) is 95.1 cm³/mol. The van der Waals surface area contributed by atoms with E-state index in [2.05, 4.69) is 16.2 Å². The van der Waals surface area contributed by atoms with Gasteiger partial charge in [0.1, 0.15) is 11.8 Å². The van der Waals surface area contributed by atoms with Crippen LogP contribution in [0.5, 0.6) is 5.75 Å². The average molecular weight is 346 g/mol. The summed E-state index contributed by atoms with van der Waals surface area (Å²) in [5, 5.41) is 3.38. The van der Waals surface area contributed by atoms with Crippen LogP contribution in [-0.4, -0.2) is 18.6 Å². The number of hydrogen-bond acceptors (Lipinski definition) is 4. The van der Waals surface area contributed by atoms with Gasteiger partial charge in [0.2, 0.25) is 5.91 Å². The van der Waals surface area contributed by atoms with Crippen molar-refractivity contribution in [2.75, 3.05) is 11.9 Å². The van der Waals surface area contributed by atoms with E-state index in [0.29, 0.717) is 23.7 Å². The second kappa shape index (κ2) is 7.66. The number of nitrogens with one attached hydrogen (secondary N) is 3. The zero-order valence-corrected chi connectivity index (χ0v) is 14.1. The fourth-order valence-corrected chi connectivity index (χ4v) is 2.88. The Kier molecular flexibility index (Phi) is 5.35. The molecule has 0 saturated carbocycles. The van der Waals surface area contributed by atoms with Crippen LogP contribution in [0.3, 0.4) is 0 Å². The second-order valence-corrected chi connectivity index (χ2v) is 6.01. The molecule has 1 aliphatic heterocycles. The molecule has 6 heteroatoms. The number of para-hydroxylation sites is 1. The van der Waals surface area contributed by atoms with Crippen molar-refractivity contribution < 1.29 is 9.53 Å². The minimum absolute atomic E-state index is 0.0719. The van der Waals surface area contributed by atoms with Crippen molar-refractivity contribution >= 4 is 23.2 Å². The van der Waals surface area contributed by atoms with E-state index in [1.807, 2.05) is 43.3 Å². The Morgan fingerprint density at radius 2 is 1.96 bits per heavy atom. The molecule has 0 spiro atoms. The smallest absolute Gasteiger partial charge is 0.242 e. The molecule has 1 amide bonds. The molecule has 2 aromatic rings. The van der Waals surface area contributed by atoms with Crippen LogP contribution >= 0.6 is 11.6 Å². The molecular formula is C18H20ClN3O2. The maximum Gasteiger partial charge on any atom is 0.242 e. The summed E-state index contributed by atoms with van der Waals surface area (Å²) in [7, 11) is 0. The number of hydrazine groups is 1. The Hall–Kier alpha value is -2.08. The van der Waals surface area contributed by atoms with Crippen molar-refractivity contribution in [1.82, 2.24) is 10.9 Å². The summed E-state index contributed by atoms with van der Waals surface area (Å²) >= 11 is 6.08. The molecule has 2 atom stereocenters. The summed E-state index contributed by atoms with van der Waals surface area (Å²) in [6.45, 7) is 2.60. The van der Waals surface area contributed by atoms with Crippen LogP contribution < -0.4 is 20.9 Å². The van der Waals surface area contributed by atoms with Gasteiger partial charge in [0.15, 0.2) is 0 Å². The van der Waals surface area contributed by atoms with E-state index in [1.165, 1.54) is 0 Å². The van der Waals surface area contributed by atoms with Gasteiger partial charge in [-0.15, -0.1) is 0 Å². The maximum absolute atomic E-state index is 12.4. The van der Waals surface area contributed by atoms with Gasteiger partial charge in [0.25, 0.3) is 0 Å². The summed E-state index contributed by atoms with van der Waals surface area (Å²) in [5.41, 5.74) is 7.95. The Bertz CT molecular complexity index is 706. The highest BCUT2D eigenvalue weighted by molar-refractivity contribution is 6.33. The molecule has 3 rings (SSSR count). The number of hydrogen-bond donors (Lipinski definition) is 3. The summed E-state index contributed by atoms with van der Waals surface area (Å²) < 4.78 is 5.45. The van der Waals surface area contributed by atoms with E-state index in [0.717, 1.165) is 11.3 Å². The third-order valence-electron chi connectivity index (χ3n) is 3.94. The van der Waals surface area contributed by atoms with E-state index in [-0.39, 0.29) is 18.0 Å². The zero-order valence-electron chi connectivity index (χ0n) is 13.4. The van der Waals surface area contributed by atoms with Crippen LogP contribution in [0.25, 0.3) is 0 Å². The molecule has 24 heavy (non-hydrogen) atoms. The van der Waals surface area contributed by atoms with Gasteiger partial charge in [0.05, 0.1) is 17.3 Å². The highest BCUT2D eigenvalue weighted by Gasteiger charge is 2.30. The fraction of sp³-hybridized carbons (Fsp3) is 0.278. The number of amides is 1. The lowest BCUT2D eigenvalue weighted by molar-refractivity contribution is -0.117. The standard InChI is InChI=1S/C18H20ClN3O2/c1-2-24-13-9-7-12(8-10-13)16-11-17(22-21-16)18(23)20-15-6-4-3-5-14(15)19/h3-10,16-17,21-22H,2,11H2,1H3,(H,20,23). The van der Waals surface area contributed by atoms with Gasteiger partial charge in [-0.1, -0.05) is 35.9 Å². The van der Waals surface area contributed by atoms with E-state index < -0.39 is 0 Å². The molecule has 0 radical (unpaired) electrons. The number of carbonyl (C=O) groups excluding carboxylic acids is 1. The lowest BCUT2D eigenvalue weighted by Gasteiger charge is -2.12. The SMILES string of the molecule is CCOc1ccc(C2CC(C(=O)Nc3ccccc3Cl)NN2)cc1. The van der Waals surface area contributed by atoms with Crippen LogP contribution in [0, 0.1) is 0 Å². The van der Waals surface area contributed by atoms with Crippen molar-refractivity contribution in [3.63, 3.8) is 0 Å². The lowest BCUT2D eigenvalue weighted by Crippen LogP contribution is -2.39. The van der Waals surface area contributed by atoms with Gasteiger partial charge in [-0.25, -0.2) is 10.9 Å². The topological polar surface area (TPSA) is 62.4 Å².